The summed E-state index contributed by atoms with van der Waals surface area (Å²) in [6, 6.07) is 8.38. The van der Waals surface area contributed by atoms with Gasteiger partial charge in [0.15, 0.2) is 5.69 Å². The van der Waals surface area contributed by atoms with Gasteiger partial charge in [-0.05, 0) is 36.0 Å². The molecule has 0 heterocycles. The molecular weight excluding hydrogens is 440 g/mol. The second kappa shape index (κ2) is 11.0. The minimum Gasteiger partial charge on any atom is -0.384 e. The Labute approximate surface area is 185 Å². The highest BCUT2D eigenvalue weighted by molar-refractivity contribution is 8.03. The highest BCUT2D eigenvalue weighted by atomic mass is 32.2. The molecule has 0 aliphatic carbocycles. The Morgan fingerprint density at radius 3 is 2.38 bits per heavy atom. The number of carbonyl (C=O) groups is 1. The number of nitrogens with zero attached hydrogens (tertiary/aromatic N) is 6. The number of nitro benzene ring substituents is 2. The van der Waals surface area contributed by atoms with Crippen molar-refractivity contribution in [3.8, 4) is 11.5 Å². The van der Waals surface area contributed by atoms with Crippen LogP contribution in [0.5, 0.6) is 0 Å². The second-order valence-corrected chi connectivity index (χ2v) is 6.79. The van der Waals surface area contributed by atoms with E-state index in [9.17, 15) is 25.0 Å². The summed E-state index contributed by atoms with van der Waals surface area (Å²) >= 11 is 0.461. The lowest BCUT2D eigenvalue weighted by atomic mass is 10.2. The molecule has 0 bridgehead atoms. The number of nitriles is 2. The molecule has 0 aliphatic heterocycles. The number of thiocyanates is 1. The van der Waals surface area contributed by atoms with Crippen molar-refractivity contribution in [2.45, 2.75) is 18.2 Å². The molecule has 0 atom stereocenters. The van der Waals surface area contributed by atoms with E-state index in [0.717, 1.165) is 6.07 Å². The fourth-order valence-corrected chi connectivity index (χ4v) is 2.95. The van der Waals surface area contributed by atoms with Crippen LogP contribution in [0.2, 0.25) is 0 Å². The number of hydrogen-bond donors (Lipinski definition) is 2. The summed E-state index contributed by atoms with van der Waals surface area (Å²) < 4.78 is 0. The monoisotopic (exact) mass is 454 g/mol. The summed E-state index contributed by atoms with van der Waals surface area (Å²) in [4.78, 5) is 32.3. The van der Waals surface area contributed by atoms with Gasteiger partial charge in [0.25, 0.3) is 5.69 Å². The Hall–Kier alpha value is -4.56. The molecule has 0 unspecified atom stereocenters. The molecule has 1 amide bonds. The lowest BCUT2D eigenvalue weighted by Gasteiger charge is -2.10. The molecule has 2 aromatic carbocycles. The summed E-state index contributed by atoms with van der Waals surface area (Å²) in [5, 5.41) is 55.1. The highest BCUT2D eigenvalue weighted by Gasteiger charge is 2.25. The fraction of sp³-hybridized carbons (Fsp3) is 0.167. The standard InChI is InChI=1S/C18H14N8O5S/c1-11(27)22-14-7-12(21-6-2-5-19)3-4-13(14)23-24-15-8-18(32-10-20)17(26(30)31)9-16(15)25(28)29/h3-4,7-9,21H,2,6H2,1H3,(H,22,27). The van der Waals surface area contributed by atoms with Gasteiger partial charge in [-0.3, -0.25) is 25.0 Å². The Morgan fingerprint density at radius 1 is 1.09 bits per heavy atom. The van der Waals surface area contributed by atoms with Crippen molar-refractivity contribution in [3.05, 3.63) is 50.6 Å². The molecule has 2 N–H and O–H groups in total. The fourth-order valence-electron chi connectivity index (χ4n) is 2.44. The molecule has 32 heavy (non-hydrogen) atoms. The van der Waals surface area contributed by atoms with Crippen LogP contribution < -0.4 is 10.6 Å². The molecule has 13 nitrogen and oxygen atoms in total. The predicted octanol–water partition coefficient (Wildman–Crippen LogP) is 4.78. The number of amides is 1. The lowest BCUT2D eigenvalue weighted by molar-refractivity contribution is -0.395. The van der Waals surface area contributed by atoms with Gasteiger partial charge >= 0.3 is 5.69 Å². The molecule has 0 aliphatic rings. The maximum absolute atomic E-state index is 11.5. The first-order valence-electron chi connectivity index (χ1n) is 8.73. The van der Waals surface area contributed by atoms with Crippen molar-refractivity contribution in [1.82, 2.24) is 0 Å². The average Bonchev–Trinajstić information content (AvgIpc) is 2.72. The third kappa shape index (κ3) is 6.22. The molecule has 2 rings (SSSR count). The van der Waals surface area contributed by atoms with E-state index in [0.29, 0.717) is 30.1 Å². The summed E-state index contributed by atoms with van der Waals surface area (Å²) in [6.45, 7) is 1.66. The van der Waals surface area contributed by atoms with Crippen LogP contribution in [-0.2, 0) is 4.79 Å². The van der Waals surface area contributed by atoms with Gasteiger partial charge in [0, 0.05) is 19.2 Å². The zero-order valence-electron chi connectivity index (χ0n) is 16.4. The number of nitrogens with one attached hydrogen (secondary N) is 2. The van der Waals surface area contributed by atoms with Crippen molar-refractivity contribution >= 4 is 51.8 Å². The summed E-state index contributed by atoms with van der Waals surface area (Å²) in [5.41, 5.74) is -0.569. The van der Waals surface area contributed by atoms with Crippen LogP contribution in [0.3, 0.4) is 0 Å². The molecule has 162 valence electrons. The molecular formula is C18H14N8O5S. The SMILES string of the molecule is CC(=O)Nc1cc(NCCC#N)ccc1N=Nc1cc(SC#N)c([N+](=O)[O-])cc1[N+](=O)[O-]. The van der Waals surface area contributed by atoms with E-state index < -0.39 is 27.1 Å². The Balaban J connectivity index is 2.51. The van der Waals surface area contributed by atoms with Gasteiger partial charge in [0.1, 0.15) is 16.0 Å². The first-order chi connectivity index (χ1) is 15.3. The Morgan fingerprint density at radius 2 is 1.78 bits per heavy atom. The van der Waals surface area contributed by atoms with Gasteiger partial charge in [-0.25, -0.2) is 0 Å². The van der Waals surface area contributed by atoms with E-state index in [1.165, 1.54) is 13.0 Å². The molecule has 0 spiro atoms. The smallest absolute Gasteiger partial charge is 0.303 e. The van der Waals surface area contributed by atoms with Crippen LogP contribution in [0.25, 0.3) is 0 Å². The summed E-state index contributed by atoms with van der Waals surface area (Å²) in [6.07, 6.45) is 0.268. The lowest BCUT2D eigenvalue weighted by Crippen LogP contribution is -2.07. The minimum absolute atomic E-state index is 0.129. The van der Waals surface area contributed by atoms with Crippen LogP contribution in [0.1, 0.15) is 13.3 Å². The number of hydrogen-bond acceptors (Lipinski definition) is 11. The van der Waals surface area contributed by atoms with E-state index >= 15 is 0 Å². The normalized spacial score (nSPS) is 10.2. The van der Waals surface area contributed by atoms with Gasteiger partial charge in [0.05, 0.1) is 34.1 Å². The number of benzene rings is 2. The van der Waals surface area contributed by atoms with Crippen molar-refractivity contribution < 1.29 is 14.6 Å². The molecule has 0 aromatic heterocycles. The maximum atomic E-state index is 11.5. The summed E-state index contributed by atoms with van der Waals surface area (Å²) in [5.74, 6) is -0.398. The number of thioether (sulfide) groups is 1. The third-order valence-corrected chi connectivity index (χ3v) is 4.38. The number of carbonyl (C=O) groups excluding carboxylic acids is 1. The third-order valence-electron chi connectivity index (χ3n) is 3.74. The molecule has 2 aromatic rings. The van der Waals surface area contributed by atoms with Crippen LogP contribution in [0.4, 0.5) is 34.1 Å². The van der Waals surface area contributed by atoms with Crippen molar-refractivity contribution in [1.29, 1.82) is 10.5 Å². The predicted molar refractivity (Wildman–Crippen MR) is 115 cm³/mol. The topological polar surface area (TPSA) is 200 Å². The Bertz CT molecular complexity index is 1190. The van der Waals surface area contributed by atoms with Gasteiger partial charge in [0.2, 0.25) is 5.91 Å². The van der Waals surface area contributed by atoms with E-state index in [2.05, 4.69) is 20.9 Å². The first-order valence-corrected chi connectivity index (χ1v) is 9.55. The van der Waals surface area contributed by atoms with E-state index in [1.807, 2.05) is 6.07 Å². The van der Waals surface area contributed by atoms with Crippen molar-refractivity contribution in [2.75, 3.05) is 17.2 Å². The van der Waals surface area contributed by atoms with E-state index in [4.69, 9.17) is 10.5 Å². The van der Waals surface area contributed by atoms with Gasteiger partial charge in [-0.2, -0.15) is 10.5 Å². The molecule has 0 saturated heterocycles. The van der Waals surface area contributed by atoms with Gasteiger partial charge in [-0.1, -0.05) is 0 Å². The maximum Gasteiger partial charge on any atom is 0.303 e. The molecule has 0 radical (unpaired) electrons. The van der Waals surface area contributed by atoms with Crippen molar-refractivity contribution in [3.63, 3.8) is 0 Å². The number of anilines is 2. The Kier molecular flexibility index (Phi) is 8.15. The number of rotatable bonds is 9. The van der Waals surface area contributed by atoms with Crippen molar-refractivity contribution in [2.24, 2.45) is 10.2 Å². The van der Waals surface area contributed by atoms with Gasteiger partial charge in [-0.15, -0.1) is 10.2 Å². The number of nitro groups is 2. The molecule has 0 saturated carbocycles. The number of azo groups is 1. The molecule has 14 heteroatoms. The first kappa shape index (κ1) is 23.7. The quantitative estimate of drug-likeness (QED) is 0.134. The van der Waals surface area contributed by atoms with E-state index in [-0.39, 0.29) is 28.4 Å². The largest absolute Gasteiger partial charge is 0.384 e. The van der Waals surface area contributed by atoms with Crippen LogP contribution in [0, 0.1) is 42.2 Å². The molecule has 0 fully saturated rings. The summed E-state index contributed by atoms with van der Waals surface area (Å²) in [7, 11) is 0. The van der Waals surface area contributed by atoms with Gasteiger partial charge < -0.3 is 10.6 Å². The zero-order valence-corrected chi connectivity index (χ0v) is 17.3. The minimum atomic E-state index is -0.848. The van der Waals surface area contributed by atoms with Crippen LogP contribution in [-0.4, -0.2) is 22.3 Å². The zero-order chi connectivity index (χ0) is 23.7. The van der Waals surface area contributed by atoms with Crippen LogP contribution >= 0.6 is 11.8 Å². The van der Waals surface area contributed by atoms with Crippen LogP contribution in [0.15, 0.2) is 45.5 Å². The highest BCUT2D eigenvalue weighted by Crippen LogP contribution is 2.40. The second-order valence-electron chi connectivity index (χ2n) is 5.96. The average molecular weight is 454 g/mol. The van der Waals surface area contributed by atoms with E-state index in [1.54, 1.807) is 17.5 Å².